The van der Waals surface area contributed by atoms with Gasteiger partial charge in [0.05, 0.1) is 0 Å². The Hall–Kier alpha value is -1.26. The molecule has 2 heterocycles. The molecule has 0 saturated carbocycles. The van der Waals surface area contributed by atoms with Crippen LogP contribution in [0.3, 0.4) is 0 Å². The van der Waals surface area contributed by atoms with E-state index >= 15 is 0 Å². The number of nitrogens with zero attached hydrogens (tertiary/aromatic N) is 2. The Morgan fingerprint density at radius 2 is 2.20 bits per heavy atom. The topological polar surface area (TPSA) is 41.6 Å². The molecule has 2 aromatic rings. The van der Waals surface area contributed by atoms with Gasteiger partial charge in [-0.15, -0.1) is 0 Å². The van der Waals surface area contributed by atoms with Crippen molar-refractivity contribution < 1.29 is 0 Å². The molecular weight excluding hydrogens is 230 g/mol. The first-order chi connectivity index (χ1) is 7.16. The van der Waals surface area contributed by atoms with E-state index in [-0.39, 0.29) is 0 Å². The molecule has 0 unspecified atom stereocenters. The third-order valence-corrected chi connectivity index (χ3v) is 2.50. The Labute approximate surface area is 97.1 Å². The number of hydrogen-bond acceptors (Lipinski definition) is 3. The number of hydrogen-bond donors (Lipinski definition) is 1. The van der Waals surface area contributed by atoms with E-state index in [4.69, 9.17) is 23.8 Å². The quantitative estimate of drug-likeness (QED) is 0.775. The van der Waals surface area contributed by atoms with E-state index in [1.54, 1.807) is 12.3 Å². The van der Waals surface area contributed by atoms with Crippen LogP contribution >= 0.6 is 23.8 Å². The summed E-state index contributed by atoms with van der Waals surface area (Å²) in [7, 11) is 0. The Balaban J connectivity index is 2.58. The van der Waals surface area contributed by atoms with Crippen molar-refractivity contribution in [3.8, 4) is 11.1 Å². The molecule has 15 heavy (non-hydrogen) atoms. The highest BCUT2D eigenvalue weighted by Crippen LogP contribution is 2.20. The van der Waals surface area contributed by atoms with E-state index in [1.165, 1.54) is 0 Å². The van der Waals surface area contributed by atoms with Crippen LogP contribution in [-0.2, 0) is 0 Å². The van der Waals surface area contributed by atoms with E-state index in [2.05, 4.69) is 15.2 Å². The standard InChI is InChI=1S/C10H8ClN3S/c1-6-2-3-7(5-12-6)8-4-9(11)13-14-10(8)15/h2-5H,1H3,(H,14,15). The molecule has 0 aliphatic heterocycles. The van der Waals surface area contributed by atoms with Crippen LogP contribution in [0.2, 0.25) is 5.15 Å². The number of rotatable bonds is 1. The zero-order valence-electron chi connectivity index (χ0n) is 7.99. The zero-order chi connectivity index (χ0) is 10.8. The molecule has 0 spiro atoms. The van der Waals surface area contributed by atoms with Crippen LogP contribution in [0.5, 0.6) is 0 Å². The van der Waals surface area contributed by atoms with E-state index in [9.17, 15) is 0 Å². The Morgan fingerprint density at radius 1 is 1.40 bits per heavy atom. The maximum Gasteiger partial charge on any atom is 0.150 e. The average molecular weight is 238 g/mol. The first-order valence-corrected chi connectivity index (χ1v) is 5.14. The minimum atomic E-state index is 0.388. The molecule has 0 saturated heterocycles. The maximum absolute atomic E-state index is 5.79. The van der Waals surface area contributed by atoms with Crippen LogP contribution in [-0.4, -0.2) is 15.2 Å². The molecule has 0 atom stereocenters. The predicted octanol–water partition coefficient (Wildman–Crippen LogP) is 3.16. The molecule has 5 heteroatoms. The lowest BCUT2D eigenvalue weighted by Gasteiger charge is -2.01. The highest BCUT2D eigenvalue weighted by molar-refractivity contribution is 7.71. The van der Waals surface area contributed by atoms with Crippen molar-refractivity contribution in [3.63, 3.8) is 0 Å². The highest BCUT2D eigenvalue weighted by atomic mass is 35.5. The number of halogens is 1. The monoisotopic (exact) mass is 237 g/mol. The SMILES string of the molecule is Cc1ccc(-c2cc(Cl)n[nH]c2=S)cn1. The third kappa shape index (κ3) is 2.22. The molecule has 76 valence electrons. The maximum atomic E-state index is 5.79. The van der Waals surface area contributed by atoms with Crippen LogP contribution in [0.4, 0.5) is 0 Å². The first kappa shape index (κ1) is 10.3. The van der Waals surface area contributed by atoms with Gasteiger partial charge in [-0.05, 0) is 19.1 Å². The fourth-order valence-corrected chi connectivity index (χ4v) is 1.60. The van der Waals surface area contributed by atoms with E-state index < -0.39 is 0 Å². The van der Waals surface area contributed by atoms with Crippen molar-refractivity contribution in [2.24, 2.45) is 0 Å². The molecule has 3 nitrogen and oxygen atoms in total. The minimum Gasteiger partial charge on any atom is -0.266 e. The molecule has 0 bridgehead atoms. The summed E-state index contributed by atoms with van der Waals surface area (Å²) in [5, 5.41) is 6.87. The van der Waals surface area contributed by atoms with Crippen LogP contribution in [0.15, 0.2) is 24.4 Å². The van der Waals surface area contributed by atoms with Crippen molar-refractivity contribution in [3.05, 3.63) is 39.9 Å². The Morgan fingerprint density at radius 3 is 2.87 bits per heavy atom. The van der Waals surface area contributed by atoms with Gasteiger partial charge < -0.3 is 0 Å². The van der Waals surface area contributed by atoms with Gasteiger partial charge in [0.1, 0.15) is 9.79 Å². The van der Waals surface area contributed by atoms with Gasteiger partial charge in [-0.3, -0.25) is 10.1 Å². The molecule has 0 radical (unpaired) electrons. The second-order valence-electron chi connectivity index (χ2n) is 3.12. The predicted molar refractivity (Wildman–Crippen MR) is 62.4 cm³/mol. The second-order valence-corrected chi connectivity index (χ2v) is 3.92. The van der Waals surface area contributed by atoms with Crippen molar-refractivity contribution in [1.29, 1.82) is 0 Å². The lowest BCUT2D eigenvalue weighted by atomic mass is 10.1. The van der Waals surface area contributed by atoms with Crippen molar-refractivity contribution in [2.75, 3.05) is 0 Å². The number of nitrogens with one attached hydrogen (secondary N) is 1. The van der Waals surface area contributed by atoms with Gasteiger partial charge in [-0.1, -0.05) is 29.9 Å². The molecule has 0 amide bonds. The van der Waals surface area contributed by atoms with Gasteiger partial charge in [-0.25, -0.2) is 0 Å². The normalized spacial score (nSPS) is 10.3. The summed E-state index contributed by atoms with van der Waals surface area (Å²) in [6.45, 7) is 1.93. The van der Waals surface area contributed by atoms with Crippen molar-refractivity contribution in [2.45, 2.75) is 6.92 Å². The van der Waals surface area contributed by atoms with E-state index in [1.807, 2.05) is 19.1 Å². The number of pyridine rings is 1. The fraction of sp³-hybridized carbons (Fsp3) is 0.100. The minimum absolute atomic E-state index is 0.388. The number of aromatic amines is 1. The van der Waals surface area contributed by atoms with Gasteiger partial charge in [-0.2, -0.15) is 5.10 Å². The second kappa shape index (κ2) is 4.08. The van der Waals surface area contributed by atoms with Crippen LogP contribution in [0.1, 0.15) is 5.69 Å². The summed E-state index contributed by atoms with van der Waals surface area (Å²) in [5.74, 6) is 0. The lowest BCUT2D eigenvalue weighted by Crippen LogP contribution is -1.89. The molecule has 0 aromatic carbocycles. The van der Waals surface area contributed by atoms with E-state index in [0.717, 1.165) is 16.8 Å². The number of aromatic nitrogens is 3. The van der Waals surface area contributed by atoms with Gasteiger partial charge in [0.2, 0.25) is 0 Å². The Bertz CT molecular complexity index is 533. The molecule has 1 N–H and O–H groups in total. The molecule has 0 aliphatic carbocycles. The van der Waals surface area contributed by atoms with Gasteiger partial charge in [0.25, 0.3) is 0 Å². The van der Waals surface area contributed by atoms with Gasteiger partial charge in [0.15, 0.2) is 0 Å². The summed E-state index contributed by atoms with van der Waals surface area (Å²) in [5.41, 5.74) is 2.75. The van der Waals surface area contributed by atoms with Crippen LogP contribution < -0.4 is 0 Å². The third-order valence-electron chi connectivity index (χ3n) is 1.99. The summed E-state index contributed by atoms with van der Waals surface area (Å²) in [4.78, 5) is 4.20. The lowest BCUT2D eigenvalue weighted by molar-refractivity contribution is 1.02. The largest absolute Gasteiger partial charge is 0.266 e. The van der Waals surface area contributed by atoms with Crippen molar-refractivity contribution >= 4 is 23.8 Å². The molecule has 2 rings (SSSR count). The summed E-state index contributed by atoms with van der Waals surface area (Å²) in [6, 6.07) is 5.61. The summed E-state index contributed by atoms with van der Waals surface area (Å²) in [6.07, 6.45) is 1.77. The zero-order valence-corrected chi connectivity index (χ0v) is 9.56. The average Bonchev–Trinajstić information content (AvgIpc) is 2.23. The molecule has 2 aromatic heterocycles. The first-order valence-electron chi connectivity index (χ1n) is 4.35. The van der Waals surface area contributed by atoms with Crippen LogP contribution in [0, 0.1) is 11.6 Å². The van der Waals surface area contributed by atoms with Crippen molar-refractivity contribution in [1.82, 2.24) is 15.2 Å². The van der Waals surface area contributed by atoms with Crippen LogP contribution in [0.25, 0.3) is 11.1 Å². The van der Waals surface area contributed by atoms with E-state index in [0.29, 0.717) is 9.79 Å². The fourth-order valence-electron chi connectivity index (χ4n) is 1.22. The number of H-pyrrole nitrogens is 1. The van der Waals surface area contributed by atoms with Gasteiger partial charge >= 0.3 is 0 Å². The Kier molecular flexibility index (Phi) is 2.79. The van der Waals surface area contributed by atoms with Gasteiger partial charge in [0, 0.05) is 23.0 Å². The highest BCUT2D eigenvalue weighted by Gasteiger charge is 2.02. The summed E-state index contributed by atoms with van der Waals surface area (Å²) < 4.78 is 0.560. The smallest absolute Gasteiger partial charge is 0.150 e. The number of aryl methyl sites for hydroxylation is 1. The summed E-state index contributed by atoms with van der Waals surface area (Å²) >= 11 is 10.9. The molecule has 0 aliphatic rings. The molecular formula is C10H8ClN3S. The molecule has 0 fully saturated rings.